The van der Waals surface area contributed by atoms with E-state index in [1.54, 1.807) is 13.2 Å². The molecule has 1 aliphatic rings. The molecule has 0 amide bonds. The van der Waals surface area contributed by atoms with E-state index in [2.05, 4.69) is 4.98 Å². The Labute approximate surface area is 158 Å². The van der Waals surface area contributed by atoms with Gasteiger partial charge >= 0.3 is 0 Å². The van der Waals surface area contributed by atoms with Crippen LogP contribution in [0, 0.1) is 6.92 Å². The third kappa shape index (κ3) is 3.82. The Morgan fingerprint density at radius 3 is 2.41 bits per heavy atom. The van der Waals surface area contributed by atoms with E-state index in [1.165, 1.54) is 0 Å². The van der Waals surface area contributed by atoms with E-state index in [0.29, 0.717) is 5.75 Å². The minimum Gasteiger partial charge on any atom is -0.496 e. The van der Waals surface area contributed by atoms with Gasteiger partial charge in [-0.25, -0.2) is 0 Å². The molecule has 4 rings (SSSR count). The molecule has 0 radical (unpaired) electrons. The SMILES string of the molecule is CC.COc1cc(-c2cc(-c3ccc4c(c3)OCO4)cc(=O)[nH]2)ccc1C. The third-order valence-electron chi connectivity index (χ3n) is 4.27. The minimum absolute atomic E-state index is 0.162. The summed E-state index contributed by atoms with van der Waals surface area (Å²) < 4.78 is 16.1. The third-order valence-corrected chi connectivity index (χ3v) is 4.27. The van der Waals surface area contributed by atoms with E-state index in [9.17, 15) is 4.79 Å². The Bertz CT molecular complexity index is 975. The molecule has 0 bridgehead atoms. The van der Waals surface area contributed by atoms with Crippen molar-refractivity contribution in [1.29, 1.82) is 0 Å². The van der Waals surface area contributed by atoms with Gasteiger partial charge in [-0.15, -0.1) is 0 Å². The summed E-state index contributed by atoms with van der Waals surface area (Å²) in [4.78, 5) is 15.1. The molecule has 0 spiro atoms. The first-order valence-corrected chi connectivity index (χ1v) is 8.93. The highest BCUT2D eigenvalue weighted by Gasteiger charge is 2.14. The molecule has 0 aliphatic carbocycles. The van der Waals surface area contributed by atoms with Crippen LogP contribution in [-0.4, -0.2) is 18.9 Å². The second-order valence-electron chi connectivity index (χ2n) is 5.90. The molecule has 3 aromatic rings. The van der Waals surface area contributed by atoms with E-state index in [1.807, 2.05) is 63.2 Å². The topological polar surface area (TPSA) is 60.6 Å². The Hall–Kier alpha value is -3.21. The van der Waals surface area contributed by atoms with Gasteiger partial charge in [-0.05, 0) is 47.9 Å². The standard InChI is InChI=1S/C20H17NO4.C2H6/c1-12-3-4-14(9-18(12)23-2)16-7-15(10-20(22)21-16)13-5-6-17-19(8-13)25-11-24-17;1-2/h3-10H,11H2,1-2H3,(H,21,22);1-2H3. The van der Waals surface area contributed by atoms with Gasteiger partial charge < -0.3 is 19.2 Å². The maximum absolute atomic E-state index is 12.2. The fourth-order valence-electron chi connectivity index (χ4n) is 2.93. The molecule has 0 unspecified atom stereocenters. The number of nitrogens with one attached hydrogen (secondary N) is 1. The molecule has 140 valence electrons. The van der Waals surface area contributed by atoms with Crippen LogP contribution in [0.2, 0.25) is 0 Å². The molecule has 2 heterocycles. The van der Waals surface area contributed by atoms with Crippen LogP contribution in [0.1, 0.15) is 19.4 Å². The average molecular weight is 365 g/mol. The Morgan fingerprint density at radius 2 is 1.63 bits per heavy atom. The second kappa shape index (κ2) is 7.99. The van der Waals surface area contributed by atoms with Crippen molar-refractivity contribution in [2.24, 2.45) is 0 Å². The van der Waals surface area contributed by atoms with E-state index in [-0.39, 0.29) is 12.4 Å². The molecule has 5 nitrogen and oxygen atoms in total. The van der Waals surface area contributed by atoms with Gasteiger partial charge in [0.25, 0.3) is 0 Å². The van der Waals surface area contributed by atoms with Crippen LogP contribution in [0.3, 0.4) is 0 Å². The number of hydrogen-bond donors (Lipinski definition) is 1. The normalized spacial score (nSPS) is 11.6. The van der Waals surface area contributed by atoms with Gasteiger partial charge in [0.1, 0.15) is 5.75 Å². The molecule has 1 aromatic heterocycles. The van der Waals surface area contributed by atoms with Crippen molar-refractivity contribution < 1.29 is 14.2 Å². The summed E-state index contributed by atoms with van der Waals surface area (Å²) in [5.74, 6) is 2.19. The molecule has 2 aromatic carbocycles. The largest absolute Gasteiger partial charge is 0.496 e. The summed E-state index contributed by atoms with van der Waals surface area (Å²) in [6.07, 6.45) is 0. The molecule has 5 heteroatoms. The highest BCUT2D eigenvalue weighted by Crippen LogP contribution is 2.36. The van der Waals surface area contributed by atoms with E-state index < -0.39 is 0 Å². The van der Waals surface area contributed by atoms with Gasteiger partial charge in [0.2, 0.25) is 12.4 Å². The van der Waals surface area contributed by atoms with Crippen LogP contribution in [0.5, 0.6) is 17.2 Å². The van der Waals surface area contributed by atoms with Gasteiger partial charge in [0.05, 0.1) is 7.11 Å². The number of aryl methyl sites for hydroxylation is 1. The van der Waals surface area contributed by atoms with Gasteiger partial charge in [-0.2, -0.15) is 0 Å². The number of fused-ring (bicyclic) bond motifs is 1. The quantitative estimate of drug-likeness (QED) is 0.725. The zero-order valence-electron chi connectivity index (χ0n) is 16.0. The number of methoxy groups -OCH3 is 1. The van der Waals surface area contributed by atoms with Gasteiger partial charge in [0, 0.05) is 17.3 Å². The highest BCUT2D eigenvalue weighted by atomic mass is 16.7. The smallest absolute Gasteiger partial charge is 0.249 e. The van der Waals surface area contributed by atoms with E-state index in [4.69, 9.17) is 14.2 Å². The number of ether oxygens (including phenoxy) is 3. The molecular formula is C22H23NO4. The lowest BCUT2D eigenvalue weighted by molar-refractivity contribution is 0.174. The summed E-state index contributed by atoms with van der Waals surface area (Å²) in [5, 5.41) is 0. The van der Waals surface area contributed by atoms with Crippen molar-refractivity contribution in [3.05, 3.63) is 64.4 Å². The van der Waals surface area contributed by atoms with Crippen molar-refractivity contribution >= 4 is 0 Å². The number of pyridine rings is 1. The number of H-pyrrole nitrogens is 1. The van der Waals surface area contributed by atoms with E-state index >= 15 is 0 Å². The number of aromatic amines is 1. The zero-order valence-corrected chi connectivity index (χ0v) is 16.0. The summed E-state index contributed by atoms with van der Waals surface area (Å²) in [6, 6.07) is 15.0. The number of rotatable bonds is 3. The molecule has 0 saturated carbocycles. The molecule has 1 N–H and O–H groups in total. The van der Waals surface area contributed by atoms with Crippen LogP contribution in [-0.2, 0) is 0 Å². The molecular weight excluding hydrogens is 342 g/mol. The first-order chi connectivity index (χ1) is 13.1. The van der Waals surface area contributed by atoms with Gasteiger partial charge in [-0.3, -0.25) is 4.79 Å². The summed E-state index contributed by atoms with van der Waals surface area (Å²) in [6.45, 7) is 6.21. The molecule has 0 atom stereocenters. The highest BCUT2D eigenvalue weighted by molar-refractivity contribution is 5.73. The number of benzene rings is 2. The van der Waals surface area contributed by atoms with Crippen molar-refractivity contribution in [2.45, 2.75) is 20.8 Å². The fraction of sp³-hybridized carbons (Fsp3) is 0.227. The summed E-state index contributed by atoms with van der Waals surface area (Å²) in [7, 11) is 1.64. The van der Waals surface area contributed by atoms with Crippen molar-refractivity contribution in [1.82, 2.24) is 4.98 Å². The maximum Gasteiger partial charge on any atom is 0.249 e. The van der Waals surface area contributed by atoms with Crippen molar-refractivity contribution in [2.75, 3.05) is 13.9 Å². The Balaban J connectivity index is 0.00000102. The molecule has 1 aliphatic heterocycles. The Kier molecular flexibility index (Phi) is 5.50. The van der Waals surface area contributed by atoms with Crippen LogP contribution in [0.15, 0.2) is 53.3 Å². The lowest BCUT2D eigenvalue weighted by Crippen LogP contribution is -2.06. The lowest BCUT2D eigenvalue weighted by atomic mass is 10.0. The maximum atomic E-state index is 12.2. The van der Waals surface area contributed by atoms with Crippen LogP contribution in [0.25, 0.3) is 22.4 Å². The van der Waals surface area contributed by atoms with Crippen LogP contribution in [0.4, 0.5) is 0 Å². The Morgan fingerprint density at radius 1 is 0.889 bits per heavy atom. The minimum atomic E-state index is -0.162. The molecule has 0 saturated heterocycles. The first-order valence-electron chi connectivity index (χ1n) is 8.93. The van der Waals surface area contributed by atoms with Crippen LogP contribution < -0.4 is 19.8 Å². The second-order valence-corrected chi connectivity index (χ2v) is 5.90. The zero-order chi connectivity index (χ0) is 19.4. The summed E-state index contributed by atoms with van der Waals surface area (Å²) >= 11 is 0. The van der Waals surface area contributed by atoms with Crippen molar-refractivity contribution in [3.63, 3.8) is 0 Å². The number of hydrogen-bond acceptors (Lipinski definition) is 4. The van der Waals surface area contributed by atoms with E-state index in [0.717, 1.165) is 39.4 Å². The predicted molar refractivity (Wildman–Crippen MR) is 107 cm³/mol. The lowest BCUT2D eigenvalue weighted by Gasteiger charge is -2.10. The number of aromatic nitrogens is 1. The molecule has 0 fully saturated rings. The summed E-state index contributed by atoms with van der Waals surface area (Å²) in [5.41, 5.74) is 4.22. The predicted octanol–water partition coefficient (Wildman–Crippen LogP) is 4.78. The van der Waals surface area contributed by atoms with Gasteiger partial charge in [0.15, 0.2) is 11.5 Å². The average Bonchev–Trinajstić information content (AvgIpc) is 3.17. The fourth-order valence-corrected chi connectivity index (χ4v) is 2.93. The first kappa shape index (κ1) is 18.6. The van der Waals surface area contributed by atoms with Crippen LogP contribution >= 0.6 is 0 Å². The monoisotopic (exact) mass is 365 g/mol. The van der Waals surface area contributed by atoms with Crippen molar-refractivity contribution in [3.8, 4) is 39.6 Å². The molecule has 27 heavy (non-hydrogen) atoms. The van der Waals surface area contributed by atoms with Gasteiger partial charge in [-0.1, -0.05) is 32.0 Å².